The molecule has 28 heavy (non-hydrogen) atoms. The predicted molar refractivity (Wildman–Crippen MR) is 107 cm³/mol. The number of fused-ring (bicyclic) bond motifs is 1. The maximum Gasteiger partial charge on any atom is 0.239 e. The molecule has 0 aliphatic rings. The van der Waals surface area contributed by atoms with Gasteiger partial charge in [-0.15, -0.1) is 0 Å². The molecule has 0 radical (unpaired) electrons. The Bertz CT molecular complexity index is 970. The van der Waals surface area contributed by atoms with E-state index in [9.17, 15) is 9.59 Å². The van der Waals surface area contributed by atoms with Crippen LogP contribution in [0, 0.1) is 6.92 Å². The molecule has 2 heterocycles. The highest BCUT2D eigenvalue weighted by Crippen LogP contribution is 2.29. The lowest BCUT2D eigenvalue weighted by Gasteiger charge is -2.16. The second-order valence-corrected chi connectivity index (χ2v) is 7.40. The largest absolute Gasteiger partial charge is 0.467 e. The van der Waals surface area contributed by atoms with Gasteiger partial charge in [0.25, 0.3) is 0 Å². The van der Waals surface area contributed by atoms with Crippen LogP contribution in [0.25, 0.3) is 11.0 Å². The van der Waals surface area contributed by atoms with Gasteiger partial charge in [-0.3, -0.25) is 9.59 Å². The Morgan fingerprint density at radius 1 is 1.21 bits per heavy atom. The van der Waals surface area contributed by atoms with Crippen molar-refractivity contribution in [3.05, 3.63) is 59.2 Å². The molecule has 6 nitrogen and oxygen atoms in total. The van der Waals surface area contributed by atoms with Gasteiger partial charge >= 0.3 is 0 Å². The minimum atomic E-state index is -0.234. The maximum absolute atomic E-state index is 12.6. The van der Waals surface area contributed by atoms with Crippen molar-refractivity contribution in [3.8, 4) is 0 Å². The van der Waals surface area contributed by atoms with Crippen LogP contribution in [0.15, 0.2) is 45.6 Å². The number of hydrogen-bond donors (Lipinski definition) is 1. The van der Waals surface area contributed by atoms with E-state index in [2.05, 4.69) is 32.2 Å². The average molecular weight is 382 g/mol. The fourth-order valence-electron chi connectivity index (χ4n) is 3.26. The number of likely N-dealkylation sites (N-methyl/N-ethyl adjacent to an activating group) is 1. The molecule has 3 aromatic rings. The summed E-state index contributed by atoms with van der Waals surface area (Å²) in [6.07, 6.45) is 3.38. The molecule has 3 rings (SSSR count). The van der Waals surface area contributed by atoms with E-state index in [0.717, 1.165) is 16.5 Å². The maximum atomic E-state index is 12.6. The first-order valence-corrected chi connectivity index (χ1v) is 9.38. The zero-order valence-electron chi connectivity index (χ0n) is 16.7. The second kappa shape index (κ2) is 8.33. The van der Waals surface area contributed by atoms with Crippen LogP contribution in [0.2, 0.25) is 0 Å². The van der Waals surface area contributed by atoms with Crippen molar-refractivity contribution in [2.75, 3.05) is 13.6 Å². The van der Waals surface area contributed by atoms with Crippen molar-refractivity contribution in [2.24, 2.45) is 0 Å². The van der Waals surface area contributed by atoms with E-state index in [-0.39, 0.29) is 24.8 Å². The normalized spacial score (nSPS) is 11.2. The molecular weight excluding hydrogens is 356 g/mol. The monoisotopic (exact) mass is 382 g/mol. The van der Waals surface area contributed by atoms with Crippen molar-refractivity contribution in [2.45, 2.75) is 39.7 Å². The predicted octanol–water partition coefficient (Wildman–Crippen LogP) is 3.77. The summed E-state index contributed by atoms with van der Waals surface area (Å²) in [5.41, 5.74) is 4.04. The Hall–Kier alpha value is -3.02. The molecule has 0 aliphatic heterocycles. The fraction of sp³-hybridized carbons (Fsp3) is 0.364. The number of furan rings is 2. The van der Waals surface area contributed by atoms with Crippen LogP contribution in [0.5, 0.6) is 0 Å². The number of benzene rings is 1. The van der Waals surface area contributed by atoms with Crippen LogP contribution in [-0.4, -0.2) is 30.3 Å². The lowest BCUT2D eigenvalue weighted by atomic mass is 9.95. The third-order valence-corrected chi connectivity index (χ3v) is 4.85. The van der Waals surface area contributed by atoms with Gasteiger partial charge in [0, 0.05) is 18.0 Å². The van der Waals surface area contributed by atoms with Crippen LogP contribution in [-0.2, 0) is 22.6 Å². The lowest BCUT2D eigenvalue weighted by Crippen LogP contribution is -2.38. The van der Waals surface area contributed by atoms with E-state index in [4.69, 9.17) is 8.83 Å². The third kappa shape index (κ3) is 4.44. The SMILES string of the molecule is Cc1cc2occ(CC(=O)N(C)CC(=O)NCc3ccco3)c2cc1C(C)C. The van der Waals surface area contributed by atoms with Gasteiger partial charge in [0.05, 0.1) is 32.0 Å². The van der Waals surface area contributed by atoms with Gasteiger partial charge in [-0.2, -0.15) is 0 Å². The fourth-order valence-corrected chi connectivity index (χ4v) is 3.26. The summed E-state index contributed by atoms with van der Waals surface area (Å²) < 4.78 is 10.8. The topological polar surface area (TPSA) is 75.7 Å². The molecule has 0 aliphatic carbocycles. The molecule has 2 aromatic heterocycles. The third-order valence-electron chi connectivity index (χ3n) is 4.85. The molecule has 0 fully saturated rings. The van der Waals surface area contributed by atoms with Gasteiger partial charge in [-0.25, -0.2) is 0 Å². The Balaban J connectivity index is 1.63. The number of hydrogen-bond acceptors (Lipinski definition) is 4. The first kappa shape index (κ1) is 19.7. The zero-order valence-corrected chi connectivity index (χ0v) is 16.7. The number of carbonyl (C=O) groups excluding carboxylic acids is 2. The van der Waals surface area contributed by atoms with Gasteiger partial charge in [0.2, 0.25) is 11.8 Å². The summed E-state index contributed by atoms with van der Waals surface area (Å²) in [6, 6.07) is 7.67. The lowest BCUT2D eigenvalue weighted by molar-refractivity contribution is -0.134. The Kier molecular flexibility index (Phi) is 5.87. The molecule has 1 aromatic carbocycles. The standard InChI is InChI=1S/C22H26N2O4/c1-14(2)18-10-19-16(13-28-20(19)8-15(18)3)9-22(26)24(4)12-21(25)23-11-17-6-5-7-27-17/h5-8,10,13-14H,9,11-12H2,1-4H3,(H,23,25). The first-order valence-electron chi connectivity index (χ1n) is 9.38. The Morgan fingerprint density at radius 2 is 2.00 bits per heavy atom. The molecule has 6 heteroatoms. The summed E-state index contributed by atoms with van der Waals surface area (Å²) in [6.45, 7) is 6.66. The number of rotatable bonds is 7. The van der Waals surface area contributed by atoms with E-state index < -0.39 is 0 Å². The van der Waals surface area contributed by atoms with Crippen LogP contribution in [0.4, 0.5) is 0 Å². The smallest absolute Gasteiger partial charge is 0.239 e. The Morgan fingerprint density at radius 3 is 2.68 bits per heavy atom. The highest BCUT2D eigenvalue weighted by atomic mass is 16.3. The number of aryl methyl sites for hydroxylation is 1. The molecule has 0 saturated carbocycles. The zero-order chi connectivity index (χ0) is 20.3. The minimum Gasteiger partial charge on any atom is -0.467 e. The van der Waals surface area contributed by atoms with E-state index in [1.54, 1.807) is 31.7 Å². The highest BCUT2D eigenvalue weighted by molar-refractivity contribution is 5.90. The van der Waals surface area contributed by atoms with Crippen LogP contribution < -0.4 is 5.32 Å². The number of carbonyl (C=O) groups is 2. The molecule has 0 bridgehead atoms. The molecule has 1 N–H and O–H groups in total. The van der Waals surface area contributed by atoms with Gasteiger partial charge < -0.3 is 19.1 Å². The molecular formula is C22H26N2O4. The molecule has 0 spiro atoms. The van der Waals surface area contributed by atoms with Crippen molar-refractivity contribution >= 4 is 22.8 Å². The van der Waals surface area contributed by atoms with E-state index in [1.807, 2.05) is 6.07 Å². The molecule has 148 valence electrons. The van der Waals surface area contributed by atoms with Crippen molar-refractivity contribution in [1.82, 2.24) is 10.2 Å². The average Bonchev–Trinajstić information content (AvgIpc) is 3.29. The van der Waals surface area contributed by atoms with Gasteiger partial charge in [0.15, 0.2) is 0 Å². The van der Waals surface area contributed by atoms with Gasteiger partial charge in [-0.1, -0.05) is 13.8 Å². The summed E-state index contributed by atoms with van der Waals surface area (Å²) in [7, 11) is 1.63. The van der Waals surface area contributed by atoms with Crippen LogP contribution >= 0.6 is 0 Å². The summed E-state index contributed by atoms with van der Waals surface area (Å²) in [5.74, 6) is 0.691. The van der Waals surface area contributed by atoms with Gasteiger partial charge in [-0.05, 0) is 48.2 Å². The van der Waals surface area contributed by atoms with Crippen LogP contribution in [0.1, 0.15) is 42.2 Å². The number of nitrogens with one attached hydrogen (secondary N) is 1. The van der Waals surface area contributed by atoms with Gasteiger partial charge in [0.1, 0.15) is 11.3 Å². The first-order chi connectivity index (χ1) is 13.3. The van der Waals surface area contributed by atoms with Crippen molar-refractivity contribution < 1.29 is 18.4 Å². The van der Waals surface area contributed by atoms with E-state index in [1.165, 1.54) is 16.0 Å². The summed E-state index contributed by atoms with van der Waals surface area (Å²) in [5, 5.41) is 3.70. The number of nitrogens with zero attached hydrogens (tertiary/aromatic N) is 1. The van der Waals surface area contributed by atoms with E-state index in [0.29, 0.717) is 18.2 Å². The molecule has 0 atom stereocenters. The van der Waals surface area contributed by atoms with Crippen molar-refractivity contribution in [1.29, 1.82) is 0 Å². The Labute approximate surface area is 164 Å². The summed E-state index contributed by atoms with van der Waals surface area (Å²) >= 11 is 0. The minimum absolute atomic E-state index is 0.00826. The molecule has 0 unspecified atom stereocenters. The van der Waals surface area contributed by atoms with Crippen molar-refractivity contribution in [3.63, 3.8) is 0 Å². The van der Waals surface area contributed by atoms with Crippen LogP contribution in [0.3, 0.4) is 0 Å². The molecule has 2 amide bonds. The highest BCUT2D eigenvalue weighted by Gasteiger charge is 2.18. The second-order valence-electron chi connectivity index (χ2n) is 7.40. The quantitative estimate of drug-likeness (QED) is 0.675. The van der Waals surface area contributed by atoms with E-state index >= 15 is 0 Å². The summed E-state index contributed by atoms with van der Waals surface area (Å²) in [4.78, 5) is 26.1. The number of amides is 2. The molecule has 0 saturated heterocycles.